The second-order valence-electron chi connectivity index (χ2n) is 6.96. The maximum atomic E-state index is 13.1. The number of anilines is 1. The lowest BCUT2D eigenvalue weighted by atomic mass is 9.93. The van der Waals surface area contributed by atoms with Gasteiger partial charge in [-0.1, -0.05) is 37.6 Å². The van der Waals surface area contributed by atoms with Gasteiger partial charge in [-0.15, -0.1) is 0 Å². The Morgan fingerprint density at radius 3 is 2.59 bits per heavy atom. The summed E-state index contributed by atoms with van der Waals surface area (Å²) in [5.74, 6) is 1.21. The standard InChI is InChI=1S/C23H25N3O3/c1-4-8-18-20(22(27)29-5-2)21(15-11-13-16(28-3)14-12-15)26-19-10-7-6-9-17(19)24-23(26)25-18/h6-7,9-14,21H,4-5,8H2,1-3H3,(H,24,25)/t21-/m1/s1. The number of imidazole rings is 1. The third kappa shape index (κ3) is 3.35. The van der Waals surface area contributed by atoms with E-state index in [1.807, 2.05) is 55.5 Å². The fraction of sp³-hybridized carbons (Fsp3) is 0.304. The minimum Gasteiger partial charge on any atom is -0.497 e. The number of hydrogen-bond acceptors (Lipinski definition) is 5. The molecule has 0 unspecified atom stereocenters. The van der Waals surface area contributed by atoms with Crippen molar-refractivity contribution >= 4 is 23.0 Å². The predicted molar refractivity (Wildman–Crippen MR) is 113 cm³/mol. The molecule has 1 atom stereocenters. The summed E-state index contributed by atoms with van der Waals surface area (Å²) in [5.41, 5.74) is 4.33. The largest absolute Gasteiger partial charge is 0.497 e. The second kappa shape index (κ2) is 7.99. The van der Waals surface area contributed by atoms with Gasteiger partial charge in [-0.3, -0.25) is 4.57 Å². The Hall–Kier alpha value is -3.28. The maximum Gasteiger partial charge on any atom is 0.338 e. The molecule has 3 aromatic rings. The molecule has 6 heteroatoms. The molecule has 0 saturated heterocycles. The first-order valence-electron chi connectivity index (χ1n) is 9.96. The zero-order chi connectivity index (χ0) is 20.4. The maximum absolute atomic E-state index is 13.1. The monoisotopic (exact) mass is 391 g/mol. The second-order valence-corrected chi connectivity index (χ2v) is 6.96. The van der Waals surface area contributed by atoms with E-state index < -0.39 is 0 Å². The number of esters is 1. The summed E-state index contributed by atoms with van der Waals surface area (Å²) in [5, 5.41) is 3.40. The van der Waals surface area contributed by atoms with Gasteiger partial charge < -0.3 is 14.8 Å². The number of benzene rings is 2. The fourth-order valence-electron chi connectivity index (χ4n) is 3.88. The molecule has 29 heavy (non-hydrogen) atoms. The number of ether oxygens (including phenoxy) is 2. The number of carbonyl (C=O) groups excluding carboxylic acids is 1. The zero-order valence-electron chi connectivity index (χ0n) is 16.9. The SMILES string of the molecule is CCCC1=C(C(=O)OCC)[C@@H](c2ccc(OC)cc2)n2c(nc3ccccc32)N1. The van der Waals surface area contributed by atoms with E-state index in [1.54, 1.807) is 7.11 Å². The summed E-state index contributed by atoms with van der Waals surface area (Å²) in [4.78, 5) is 17.9. The Labute approximate surface area is 170 Å². The van der Waals surface area contributed by atoms with E-state index in [9.17, 15) is 4.79 Å². The van der Waals surface area contributed by atoms with Crippen LogP contribution in [0.4, 0.5) is 5.95 Å². The molecule has 1 N–H and O–H groups in total. The van der Waals surface area contributed by atoms with Crippen molar-refractivity contribution < 1.29 is 14.3 Å². The molecule has 0 saturated carbocycles. The molecular formula is C23H25N3O3. The summed E-state index contributed by atoms with van der Waals surface area (Å²) >= 11 is 0. The summed E-state index contributed by atoms with van der Waals surface area (Å²) < 4.78 is 12.9. The van der Waals surface area contributed by atoms with Gasteiger partial charge in [-0.25, -0.2) is 9.78 Å². The van der Waals surface area contributed by atoms with Crippen LogP contribution >= 0.6 is 0 Å². The Morgan fingerprint density at radius 2 is 1.90 bits per heavy atom. The van der Waals surface area contributed by atoms with Crippen molar-refractivity contribution in [2.24, 2.45) is 0 Å². The lowest BCUT2D eigenvalue weighted by molar-refractivity contribution is -0.139. The van der Waals surface area contributed by atoms with Crippen molar-refractivity contribution in [3.8, 4) is 5.75 Å². The van der Waals surface area contributed by atoms with Crippen LogP contribution in [-0.4, -0.2) is 29.2 Å². The Balaban J connectivity index is 1.96. The number of para-hydroxylation sites is 2. The average molecular weight is 391 g/mol. The van der Waals surface area contributed by atoms with Crippen molar-refractivity contribution in [3.63, 3.8) is 0 Å². The van der Waals surface area contributed by atoms with Gasteiger partial charge in [0.2, 0.25) is 5.95 Å². The predicted octanol–water partition coefficient (Wildman–Crippen LogP) is 4.68. The first kappa shape index (κ1) is 19.1. The molecule has 1 aliphatic rings. The van der Waals surface area contributed by atoms with E-state index in [1.165, 1.54) is 0 Å². The number of carbonyl (C=O) groups is 1. The zero-order valence-corrected chi connectivity index (χ0v) is 16.9. The van der Waals surface area contributed by atoms with E-state index in [2.05, 4.69) is 16.8 Å². The fourth-order valence-corrected chi connectivity index (χ4v) is 3.88. The number of methoxy groups -OCH3 is 1. The van der Waals surface area contributed by atoms with Gasteiger partial charge >= 0.3 is 5.97 Å². The molecule has 150 valence electrons. The molecule has 1 aliphatic heterocycles. The van der Waals surface area contributed by atoms with Crippen LogP contribution in [0.25, 0.3) is 11.0 Å². The van der Waals surface area contributed by atoms with Crippen LogP contribution in [0.2, 0.25) is 0 Å². The van der Waals surface area contributed by atoms with Gasteiger partial charge in [0.15, 0.2) is 0 Å². The number of nitrogens with zero attached hydrogens (tertiary/aromatic N) is 2. The van der Waals surface area contributed by atoms with Crippen molar-refractivity contribution in [1.29, 1.82) is 0 Å². The quantitative estimate of drug-likeness (QED) is 0.618. The minimum atomic E-state index is -0.329. The number of fused-ring (bicyclic) bond motifs is 3. The molecule has 0 bridgehead atoms. The third-order valence-corrected chi connectivity index (χ3v) is 5.14. The molecule has 2 aromatic carbocycles. The molecule has 0 amide bonds. The first-order valence-corrected chi connectivity index (χ1v) is 9.96. The van der Waals surface area contributed by atoms with Crippen LogP contribution in [0.15, 0.2) is 59.8 Å². The number of rotatable bonds is 6. The highest BCUT2D eigenvalue weighted by Gasteiger charge is 2.35. The number of hydrogen-bond donors (Lipinski definition) is 1. The van der Waals surface area contributed by atoms with E-state index in [0.29, 0.717) is 12.2 Å². The molecule has 0 spiro atoms. The van der Waals surface area contributed by atoms with Gasteiger partial charge in [-0.2, -0.15) is 0 Å². The molecule has 0 fully saturated rings. The number of nitrogens with one attached hydrogen (secondary N) is 1. The van der Waals surface area contributed by atoms with Crippen LogP contribution in [-0.2, 0) is 9.53 Å². The highest BCUT2D eigenvalue weighted by molar-refractivity contribution is 5.94. The first-order chi connectivity index (χ1) is 14.2. The van der Waals surface area contributed by atoms with E-state index >= 15 is 0 Å². The van der Waals surface area contributed by atoms with Crippen LogP contribution in [0.5, 0.6) is 5.75 Å². The average Bonchev–Trinajstić information content (AvgIpc) is 3.11. The van der Waals surface area contributed by atoms with E-state index in [-0.39, 0.29) is 12.0 Å². The summed E-state index contributed by atoms with van der Waals surface area (Å²) in [6, 6.07) is 15.5. The van der Waals surface area contributed by atoms with Crippen molar-refractivity contribution in [2.45, 2.75) is 32.7 Å². The molecule has 4 rings (SSSR count). The smallest absolute Gasteiger partial charge is 0.338 e. The van der Waals surface area contributed by atoms with Crippen LogP contribution in [0.1, 0.15) is 38.3 Å². The highest BCUT2D eigenvalue weighted by atomic mass is 16.5. The molecule has 2 heterocycles. The molecule has 0 aliphatic carbocycles. The summed E-state index contributed by atoms with van der Waals surface area (Å²) in [7, 11) is 1.64. The van der Waals surface area contributed by atoms with Gasteiger partial charge in [0.25, 0.3) is 0 Å². The summed E-state index contributed by atoms with van der Waals surface area (Å²) in [6.07, 6.45) is 1.64. The molecule has 1 aromatic heterocycles. The molecule has 0 radical (unpaired) electrons. The highest BCUT2D eigenvalue weighted by Crippen LogP contribution is 2.40. The Morgan fingerprint density at radius 1 is 1.14 bits per heavy atom. The topological polar surface area (TPSA) is 65.4 Å². The van der Waals surface area contributed by atoms with E-state index in [4.69, 9.17) is 14.5 Å². The normalized spacial score (nSPS) is 15.8. The van der Waals surface area contributed by atoms with Gasteiger partial charge in [-0.05, 0) is 43.2 Å². The molecular weight excluding hydrogens is 366 g/mol. The van der Waals surface area contributed by atoms with Crippen molar-refractivity contribution in [2.75, 3.05) is 19.0 Å². The molecule has 6 nitrogen and oxygen atoms in total. The Kier molecular flexibility index (Phi) is 5.25. The minimum absolute atomic E-state index is 0.298. The van der Waals surface area contributed by atoms with Gasteiger partial charge in [0.05, 0.1) is 36.4 Å². The van der Waals surface area contributed by atoms with Crippen LogP contribution in [0.3, 0.4) is 0 Å². The van der Waals surface area contributed by atoms with Crippen LogP contribution in [0, 0.1) is 0 Å². The van der Waals surface area contributed by atoms with E-state index in [0.717, 1.165) is 46.8 Å². The summed E-state index contributed by atoms with van der Waals surface area (Å²) in [6.45, 7) is 4.25. The lowest BCUT2D eigenvalue weighted by Crippen LogP contribution is -2.29. The van der Waals surface area contributed by atoms with Crippen LogP contribution < -0.4 is 10.1 Å². The number of aromatic nitrogens is 2. The van der Waals surface area contributed by atoms with Crippen molar-refractivity contribution in [3.05, 3.63) is 65.4 Å². The van der Waals surface area contributed by atoms with Gasteiger partial charge in [0.1, 0.15) is 5.75 Å². The van der Waals surface area contributed by atoms with Gasteiger partial charge in [0, 0.05) is 5.70 Å². The lowest BCUT2D eigenvalue weighted by Gasteiger charge is -2.31. The third-order valence-electron chi connectivity index (χ3n) is 5.14. The van der Waals surface area contributed by atoms with Crippen molar-refractivity contribution in [1.82, 2.24) is 9.55 Å². The number of allylic oxidation sites excluding steroid dienone is 1. The Bertz CT molecular complexity index is 1070.